The Bertz CT molecular complexity index is 964. The number of ether oxygens (including phenoxy) is 1. The summed E-state index contributed by atoms with van der Waals surface area (Å²) in [7, 11) is 0. The van der Waals surface area contributed by atoms with Crippen molar-refractivity contribution in [3.8, 4) is 5.88 Å². The van der Waals surface area contributed by atoms with Crippen molar-refractivity contribution in [1.82, 2.24) is 19.9 Å². The number of halogens is 3. The lowest BCUT2D eigenvalue weighted by molar-refractivity contribution is -0.141. The van der Waals surface area contributed by atoms with E-state index in [4.69, 9.17) is 4.74 Å². The molecule has 5 rings (SSSR count). The van der Waals surface area contributed by atoms with Crippen LogP contribution in [0.25, 0.3) is 0 Å². The molecule has 0 unspecified atom stereocenters. The van der Waals surface area contributed by atoms with Crippen molar-refractivity contribution in [2.24, 2.45) is 0 Å². The Labute approximate surface area is 177 Å². The smallest absolute Gasteiger partial charge is 0.433 e. The maximum Gasteiger partial charge on any atom is 0.433 e. The summed E-state index contributed by atoms with van der Waals surface area (Å²) in [6, 6.07) is 3.69. The lowest BCUT2D eigenvalue weighted by atomic mass is 10.2. The number of hydrogen-bond acceptors (Lipinski definition) is 6. The van der Waals surface area contributed by atoms with Crippen molar-refractivity contribution in [2.45, 2.75) is 49.9 Å². The number of amides is 1. The molecule has 0 aromatic carbocycles. The van der Waals surface area contributed by atoms with Crippen LogP contribution in [0.5, 0.6) is 5.88 Å². The Hall–Kier alpha value is -2.91. The zero-order chi connectivity index (χ0) is 21.6. The molecule has 1 amide bonds. The summed E-state index contributed by atoms with van der Waals surface area (Å²) in [4.78, 5) is 28.7. The van der Waals surface area contributed by atoms with E-state index in [1.165, 1.54) is 6.07 Å². The van der Waals surface area contributed by atoms with E-state index in [1.807, 2.05) is 0 Å². The summed E-state index contributed by atoms with van der Waals surface area (Å²) in [5.41, 5.74) is 0.0466. The van der Waals surface area contributed by atoms with Crippen LogP contribution in [0, 0.1) is 0 Å². The predicted octanol–water partition coefficient (Wildman–Crippen LogP) is 3.03. The number of carbonyl (C=O) groups is 1. The minimum atomic E-state index is -4.51. The molecule has 2 aliphatic heterocycles. The Morgan fingerprint density at radius 2 is 1.94 bits per heavy atom. The Kier molecular flexibility index (Phi) is 4.94. The minimum Gasteiger partial charge on any atom is -0.471 e. The van der Waals surface area contributed by atoms with Gasteiger partial charge in [0.2, 0.25) is 11.8 Å². The van der Waals surface area contributed by atoms with Crippen LogP contribution >= 0.6 is 0 Å². The summed E-state index contributed by atoms with van der Waals surface area (Å²) < 4.78 is 45.1. The average Bonchev–Trinajstić information content (AvgIpc) is 3.54. The third-order valence-corrected chi connectivity index (χ3v) is 6.00. The third kappa shape index (κ3) is 4.28. The van der Waals surface area contributed by atoms with E-state index in [0.717, 1.165) is 24.6 Å². The number of pyridine rings is 1. The number of aromatic nitrogens is 3. The Balaban J connectivity index is 1.28. The quantitative estimate of drug-likeness (QED) is 0.738. The highest BCUT2D eigenvalue weighted by Crippen LogP contribution is 2.38. The van der Waals surface area contributed by atoms with E-state index in [2.05, 4.69) is 15.0 Å². The topological polar surface area (TPSA) is 71.5 Å². The maximum absolute atomic E-state index is 13.1. The molecule has 0 bridgehead atoms. The van der Waals surface area contributed by atoms with Gasteiger partial charge >= 0.3 is 6.18 Å². The molecule has 31 heavy (non-hydrogen) atoms. The largest absolute Gasteiger partial charge is 0.471 e. The zero-order valence-corrected chi connectivity index (χ0v) is 16.8. The van der Waals surface area contributed by atoms with Crippen LogP contribution in [-0.4, -0.2) is 57.5 Å². The number of rotatable bonds is 4. The number of hydrogen-bond donors (Lipinski definition) is 0. The number of carbonyl (C=O) groups excluding carboxylic acids is 1. The molecule has 0 spiro atoms. The fraction of sp³-hybridized carbons (Fsp3) is 0.524. The molecule has 1 saturated carbocycles. The standard InChI is InChI=1S/C21H22F3N5O2/c22-21(23,24)17-2-1-3-18(27-17)28-7-6-20(30)29-12-15(8-14(29)11-28)31-19-10-25-16(9-26-19)13-4-5-13/h1-3,9-10,13-15H,4-8,11-12H2/t14-,15+/m0/s1. The molecule has 2 aromatic heterocycles. The highest BCUT2D eigenvalue weighted by molar-refractivity contribution is 5.78. The van der Waals surface area contributed by atoms with Crippen LogP contribution in [0.3, 0.4) is 0 Å². The second-order valence-electron chi connectivity index (χ2n) is 8.30. The van der Waals surface area contributed by atoms with Crippen LogP contribution < -0.4 is 9.64 Å². The molecule has 10 heteroatoms. The SMILES string of the molecule is O=C1CCN(c2cccc(C(F)(F)F)n2)C[C@@H]2C[C@@H](Oc3cnc(C4CC4)cn3)CN12. The number of fused-ring (bicyclic) bond motifs is 1. The molecular weight excluding hydrogens is 411 g/mol. The van der Waals surface area contributed by atoms with Crippen LogP contribution in [0.15, 0.2) is 30.6 Å². The van der Waals surface area contributed by atoms with Crippen LogP contribution in [-0.2, 0) is 11.0 Å². The molecule has 3 fully saturated rings. The van der Waals surface area contributed by atoms with Crippen molar-refractivity contribution in [3.63, 3.8) is 0 Å². The van der Waals surface area contributed by atoms with E-state index in [0.29, 0.717) is 37.9 Å². The molecule has 0 radical (unpaired) electrons. The summed E-state index contributed by atoms with van der Waals surface area (Å²) >= 11 is 0. The second-order valence-corrected chi connectivity index (χ2v) is 8.30. The summed E-state index contributed by atoms with van der Waals surface area (Å²) in [6.07, 6.45) is 1.71. The lowest BCUT2D eigenvalue weighted by Gasteiger charge is -2.26. The molecule has 0 N–H and O–H groups in total. The Morgan fingerprint density at radius 1 is 1.10 bits per heavy atom. The molecule has 7 nitrogen and oxygen atoms in total. The van der Waals surface area contributed by atoms with Crippen molar-refractivity contribution in [3.05, 3.63) is 42.0 Å². The van der Waals surface area contributed by atoms with E-state index < -0.39 is 11.9 Å². The molecular formula is C21H22F3N5O2. The maximum atomic E-state index is 13.1. The van der Waals surface area contributed by atoms with Gasteiger partial charge in [-0.05, 0) is 25.0 Å². The van der Waals surface area contributed by atoms with E-state index in [9.17, 15) is 18.0 Å². The number of anilines is 1. The van der Waals surface area contributed by atoms with Crippen LogP contribution in [0.2, 0.25) is 0 Å². The van der Waals surface area contributed by atoms with Gasteiger partial charge < -0.3 is 14.5 Å². The fourth-order valence-electron chi connectivity index (χ4n) is 4.27. The lowest BCUT2D eigenvalue weighted by Crippen LogP contribution is -2.39. The van der Waals surface area contributed by atoms with Crippen molar-refractivity contribution >= 4 is 11.7 Å². The third-order valence-electron chi connectivity index (χ3n) is 6.00. The minimum absolute atomic E-state index is 0.0271. The second kappa shape index (κ2) is 7.65. The number of alkyl halides is 3. The van der Waals surface area contributed by atoms with E-state index in [1.54, 1.807) is 28.3 Å². The first-order valence-corrected chi connectivity index (χ1v) is 10.4. The van der Waals surface area contributed by atoms with Gasteiger partial charge in [0.05, 0.1) is 30.7 Å². The number of nitrogens with zero attached hydrogens (tertiary/aromatic N) is 5. The van der Waals surface area contributed by atoms with Crippen LogP contribution in [0.4, 0.5) is 19.0 Å². The van der Waals surface area contributed by atoms with Gasteiger partial charge in [0.15, 0.2) is 0 Å². The van der Waals surface area contributed by atoms with Gasteiger partial charge in [-0.1, -0.05) is 6.07 Å². The highest BCUT2D eigenvalue weighted by atomic mass is 19.4. The molecule has 1 aliphatic carbocycles. The Morgan fingerprint density at radius 3 is 2.65 bits per heavy atom. The first kappa shape index (κ1) is 20.0. The summed E-state index contributed by atoms with van der Waals surface area (Å²) in [6.45, 7) is 1.17. The van der Waals surface area contributed by atoms with Gasteiger partial charge in [-0.15, -0.1) is 0 Å². The summed E-state index contributed by atoms with van der Waals surface area (Å²) in [5, 5.41) is 0. The first-order chi connectivity index (χ1) is 14.9. The molecule has 2 aromatic rings. The van der Waals surface area contributed by atoms with Gasteiger partial charge in [-0.3, -0.25) is 9.78 Å². The predicted molar refractivity (Wildman–Crippen MR) is 105 cm³/mol. The molecule has 2 saturated heterocycles. The molecule has 2 atom stereocenters. The van der Waals surface area contributed by atoms with Gasteiger partial charge in [0.1, 0.15) is 17.6 Å². The van der Waals surface area contributed by atoms with Gasteiger partial charge in [-0.2, -0.15) is 13.2 Å². The normalized spacial score (nSPS) is 24.2. The van der Waals surface area contributed by atoms with Gasteiger partial charge in [-0.25, -0.2) is 9.97 Å². The van der Waals surface area contributed by atoms with Crippen LogP contribution in [0.1, 0.15) is 43.0 Å². The average molecular weight is 433 g/mol. The molecule has 4 heterocycles. The molecule has 3 aliphatic rings. The van der Waals surface area contributed by atoms with E-state index in [-0.39, 0.29) is 30.3 Å². The molecule has 164 valence electrons. The zero-order valence-electron chi connectivity index (χ0n) is 16.8. The summed E-state index contributed by atoms with van der Waals surface area (Å²) in [5.74, 6) is 1.14. The van der Waals surface area contributed by atoms with Crippen molar-refractivity contribution in [2.75, 3.05) is 24.5 Å². The highest BCUT2D eigenvalue weighted by Gasteiger charge is 2.40. The van der Waals surface area contributed by atoms with E-state index >= 15 is 0 Å². The van der Waals surface area contributed by atoms with Gasteiger partial charge in [0.25, 0.3) is 0 Å². The van der Waals surface area contributed by atoms with Crippen molar-refractivity contribution < 1.29 is 22.7 Å². The van der Waals surface area contributed by atoms with Gasteiger partial charge in [0, 0.05) is 31.8 Å². The van der Waals surface area contributed by atoms with Crippen molar-refractivity contribution in [1.29, 1.82) is 0 Å². The first-order valence-electron chi connectivity index (χ1n) is 10.4. The fourth-order valence-corrected chi connectivity index (χ4v) is 4.27. The monoisotopic (exact) mass is 433 g/mol.